The van der Waals surface area contributed by atoms with Crippen LogP contribution < -0.4 is 5.32 Å². The Morgan fingerprint density at radius 3 is 2.33 bits per heavy atom. The summed E-state index contributed by atoms with van der Waals surface area (Å²) >= 11 is 0. The topological polar surface area (TPSA) is 72.5 Å². The predicted octanol–water partition coefficient (Wildman–Crippen LogP) is -0.745. The Balaban J connectivity index is 3.60. The maximum Gasteiger partial charge on any atom is 0.313 e. The fourth-order valence-electron chi connectivity index (χ4n) is 0.519. The van der Waals surface area contributed by atoms with E-state index in [9.17, 15) is 14.4 Å². The third-order valence-corrected chi connectivity index (χ3v) is 1.10. The number of ketones is 1. The highest BCUT2D eigenvalue weighted by Gasteiger charge is 2.08. The Bertz CT molecular complexity index is 200. The summed E-state index contributed by atoms with van der Waals surface area (Å²) < 4.78 is 4.26. The molecule has 0 unspecified atom stereocenters. The first-order valence-corrected chi connectivity index (χ1v) is 3.39. The third kappa shape index (κ3) is 5.40. The standard InChI is InChI=1S/C7H11NO4/c1-5(9)8-4-6(10)3-7(11)12-2/h3-4H2,1-2H3,(H,8,9). The van der Waals surface area contributed by atoms with Gasteiger partial charge in [-0.2, -0.15) is 0 Å². The number of carbonyl (C=O) groups excluding carboxylic acids is 3. The minimum Gasteiger partial charge on any atom is -0.469 e. The molecule has 0 saturated carbocycles. The Morgan fingerprint density at radius 1 is 1.33 bits per heavy atom. The Kier molecular flexibility index (Phi) is 4.67. The van der Waals surface area contributed by atoms with Crippen LogP contribution in [0, 0.1) is 0 Å². The number of carbonyl (C=O) groups is 3. The molecule has 0 rings (SSSR count). The molecular weight excluding hydrogens is 162 g/mol. The number of Topliss-reactive ketones (excluding diaryl/α,β-unsaturated/α-hetero) is 1. The Morgan fingerprint density at radius 2 is 1.92 bits per heavy atom. The lowest BCUT2D eigenvalue weighted by molar-refractivity contribution is -0.143. The molecule has 0 aliphatic rings. The zero-order chi connectivity index (χ0) is 9.56. The van der Waals surface area contributed by atoms with Crippen molar-refractivity contribution in [3.8, 4) is 0 Å². The molecule has 0 aliphatic heterocycles. The van der Waals surface area contributed by atoms with Crippen LogP contribution in [0.1, 0.15) is 13.3 Å². The van der Waals surface area contributed by atoms with Gasteiger partial charge >= 0.3 is 5.97 Å². The number of nitrogens with one attached hydrogen (secondary N) is 1. The average molecular weight is 173 g/mol. The van der Waals surface area contributed by atoms with Gasteiger partial charge in [0.2, 0.25) is 5.91 Å². The van der Waals surface area contributed by atoms with Crippen LogP contribution in [0.5, 0.6) is 0 Å². The van der Waals surface area contributed by atoms with Crippen molar-refractivity contribution in [2.45, 2.75) is 13.3 Å². The lowest BCUT2D eigenvalue weighted by atomic mass is 10.3. The molecule has 0 radical (unpaired) electrons. The highest BCUT2D eigenvalue weighted by molar-refractivity contribution is 5.97. The normalized spacial score (nSPS) is 8.83. The summed E-state index contributed by atoms with van der Waals surface area (Å²) in [6.45, 7) is 1.18. The fourth-order valence-corrected chi connectivity index (χ4v) is 0.519. The number of ether oxygens (including phenoxy) is 1. The van der Waals surface area contributed by atoms with Gasteiger partial charge in [0.1, 0.15) is 6.42 Å². The highest BCUT2D eigenvalue weighted by atomic mass is 16.5. The molecule has 0 aromatic carbocycles. The summed E-state index contributed by atoms with van der Waals surface area (Å²) in [6, 6.07) is 0. The van der Waals surface area contributed by atoms with Gasteiger partial charge in [-0.1, -0.05) is 0 Å². The van der Waals surface area contributed by atoms with Crippen LogP contribution in [-0.4, -0.2) is 31.3 Å². The van der Waals surface area contributed by atoms with Crippen LogP contribution in [0.25, 0.3) is 0 Å². The van der Waals surface area contributed by atoms with E-state index in [0.717, 1.165) is 0 Å². The number of rotatable bonds is 4. The van der Waals surface area contributed by atoms with Crippen LogP contribution in [0.4, 0.5) is 0 Å². The van der Waals surface area contributed by atoms with Crippen molar-refractivity contribution in [3.05, 3.63) is 0 Å². The molecule has 0 spiro atoms. The summed E-state index contributed by atoms with van der Waals surface area (Å²) in [5, 5.41) is 2.28. The van der Waals surface area contributed by atoms with Gasteiger partial charge < -0.3 is 10.1 Å². The van der Waals surface area contributed by atoms with Crippen molar-refractivity contribution in [2.75, 3.05) is 13.7 Å². The van der Waals surface area contributed by atoms with Gasteiger partial charge in [0, 0.05) is 6.92 Å². The molecule has 5 nitrogen and oxygen atoms in total. The summed E-state index contributed by atoms with van der Waals surface area (Å²) in [5.41, 5.74) is 0. The van der Waals surface area contributed by atoms with Gasteiger partial charge in [-0.15, -0.1) is 0 Å². The van der Waals surface area contributed by atoms with E-state index in [-0.39, 0.29) is 24.7 Å². The van der Waals surface area contributed by atoms with Crippen LogP contribution in [0.2, 0.25) is 0 Å². The van der Waals surface area contributed by atoms with Crippen molar-refractivity contribution < 1.29 is 19.1 Å². The minimum atomic E-state index is -0.592. The molecule has 0 heterocycles. The SMILES string of the molecule is COC(=O)CC(=O)CNC(C)=O. The van der Waals surface area contributed by atoms with Gasteiger partial charge in [0.15, 0.2) is 5.78 Å². The second-order valence-corrected chi connectivity index (χ2v) is 2.20. The van der Waals surface area contributed by atoms with Crippen molar-refractivity contribution >= 4 is 17.7 Å². The summed E-state index contributed by atoms with van der Waals surface area (Å²) in [7, 11) is 1.20. The van der Waals surface area contributed by atoms with E-state index in [1.807, 2.05) is 0 Å². The molecule has 1 amide bonds. The summed E-state index contributed by atoms with van der Waals surface area (Å²) in [6.07, 6.45) is -0.295. The first-order chi connectivity index (χ1) is 5.56. The van der Waals surface area contributed by atoms with Gasteiger partial charge in [-0.3, -0.25) is 14.4 Å². The molecule has 0 saturated heterocycles. The fraction of sp³-hybridized carbons (Fsp3) is 0.571. The molecule has 0 aromatic rings. The van der Waals surface area contributed by atoms with Crippen molar-refractivity contribution in [2.24, 2.45) is 0 Å². The molecule has 12 heavy (non-hydrogen) atoms. The van der Waals surface area contributed by atoms with E-state index in [4.69, 9.17) is 0 Å². The van der Waals surface area contributed by atoms with Gasteiger partial charge in [0.05, 0.1) is 13.7 Å². The number of hydrogen-bond donors (Lipinski definition) is 1. The van der Waals surface area contributed by atoms with Crippen LogP contribution in [-0.2, 0) is 19.1 Å². The largest absolute Gasteiger partial charge is 0.469 e. The zero-order valence-electron chi connectivity index (χ0n) is 7.05. The lowest BCUT2D eigenvalue weighted by Crippen LogP contribution is -2.28. The molecule has 0 aliphatic carbocycles. The van der Waals surface area contributed by atoms with E-state index in [2.05, 4.69) is 10.1 Å². The van der Waals surface area contributed by atoms with Gasteiger partial charge in [-0.25, -0.2) is 0 Å². The van der Waals surface area contributed by atoms with E-state index in [1.165, 1.54) is 14.0 Å². The van der Waals surface area contributed by atoms with Gasteiger partial charge in [-0.05, 0) is 0 Å². The number of methoxy groups -OCH3 is 1. The van der Waals surface area contributed by atoms with Crippen LogP contribution in [0.3, 0.4) is 0 Å². The average Bonchev–Trinajstić information content (AvgIpc) is 2.00. The lowest BCUT2D eigenvalue weighted by Gasteiger charge is -1.99. The first-order valence-electron chi connectivity index (χ1n) is 3.39. The van der Waals surface area contributed by atoms with Crippen LogP contribution in [0.15, 0.2) is 0 Å². The van der Waals surface area contributed by atoms with E-state index in [1.54, 1.807) is 0 Å². The summed E-state index contributed by atoms with van der Waals surface area (Å²) in [5.74, 6) is -1.25. The molecule has 1 N–H and O–H groups in total. The maximum atomic E-state index is 10.8. The van der Waals surface area contributed by atoms with Gasteiger partial charge in [0.25, 0.3) is 0 Å². The number of hydrogen-bond acceptors (Lipinski definition) is 4. The van der Waals surface area contributed by atoms with Crippen molar-refractivity contribution in [1.82, 2.24) is 5.32 Å². The molecular formula is C7H11NO4. The molecule has 68 valence electrons. The van der Waals surface area contributed by atoms with E-state index >= 15 is 0 Å². The third-order valence-electron chi connectivity index (χ3n) is 1.10. The number of amides is 1. The molecule has 0 fully saturated rings. The summed E-state index contributed by atoms with van der Waals surface area (Å²) in [4.78, 5) is 31.6. The zero-order valence-corrected chi connectivity index (χ0v) is 7.05. The molecule has 0 atom stereocenters. The molecule has 0 aromatic heterocycles. The quantitative estimate of drug-likeness (QED) is 0.448. The van der Waals surface area contributed by atoms with Crippen molar-refractivity contribution in [3.63, 3.8) is 0 Å². The van der Waals surface area contributed by atoms with Crippen molar-refractivity contribution in [1.29, 1.82) is 0 Å². The smallest absolute Gasteiger partial charge is 0.313 e. The highest BCUT2D eigenvalue weighted by Crippen LogP contribution is 1.85. The second kappa shape index (κ2) is 5.29. The molecule has 0 bridgehead atoms. The minimum absolute atomic E-state index is 0.121. The predicted molar refractivity (Wildman–Crippen MR) is 40.3 cm³/mol. The maximum absolute atomic E-state index is 10.8. The van der Waals surface area contributed by atoms with E-state index in [0.29, 0.717) is 0 Å². The monoisotopic (exact) mass is 173 g/mol. The van der Waals surface area contributed by atoms with Crippen LogP contribution >= 0.6 is 0 Å². The Hall–Kier alpha value is -1.39. The number of esters is 1. The first kappa shape index (κ1) is 10.6. The molecule has 5 heteroatoms. The second-order valence-electron chi connectivity index (χ2n) is 2.20. The Labute approximate surface area is 70.1 Å². The van der Waals surface area contributed by atoms with E-state index < -0.39 is 5.97 Å².